The SMILES string of the molecule is Cn1c(=O)n(C2CCC(=O)NC2=O)c2cccc(N3CC[C@@H](N4CCN(C(=O)OCc5ccccc5)CC4)C3)c21. The monoisotopic (exact) mass is 546 g/mol. The molecule has 0 radical (unpaired) electrons. The molecule has 4 heterocycles. The molecule has 0 bridgehead atoms. The van der Waals surface area contributed by atoms with Crippen molar-refractivity contribution in [1.82, 2.24) is 24.3 Å². The number of amides is 3. The van der Waals surface area contributed by atoms with E-state index >= 15 is 0 Å². The fraction of sp³-hybridized carbons (Fsp3) is 0.448. The Balaban J connectivity index is 1.11. The molecule has 3 fully saturated rings. The third-order valence-corrected chi connectivity index (χ3v) is 8.40. The number of fused-ring (bicyclic) bond motifs is 1. The Morgan fingerprint density at radius 2 is 1.73 bits per heavy atom. The molecule has 40 heavy (non-hydrogen) atoms. The number of hydrogen-bond donors (Lipinski definition) is 1. The predicted octanol–water partition coefficient (Wildman–Crippen LogP) is 1.85. The van der Waals surface area contributed by atoms with E-state index < -0.39 is 11.9 Å². The number of nitrogens with one attached hydrogen (secondary N) is 1. The molecule has 2 atom stereocenters. The van der Waals surface area contributed by atoms with Crippen LogP contribution in [0.15, 0.2) is 53.3 Å². The fourth-order valence-corrected chi connectivity index (χ4v) is 6.24. The van der Waals surface area contributed by atoms with Crippen LogP contribution in [-0.2, 0) is 28.0 Å². The topological polar surface area (TPSA) is 109 Å². The van der Waals surface area contributed by atoms with Crippen molar-refractivity contribution in [3.8, 4) is 0 Å². The van der Waals surface area contributed by atoms with Crippen LogP contribution in [0.25, 0.3) is 11.0 Å². The van der Waals surface area contributed by atoms with Gasteiger partial charge in [0.1, 0.15) is 12.6 Å². The van der Waals surface area contributed by atoms with Crippen LogP contribution < -0.4 is 15.9 Å². The number of imide groups is 1. The second-order valence-electron chi connectivity index (χ2n) is 10.8. The van der Waals surface area contributed by atoms with Gasteiger partial charge in [0.05, 0.1) is 16.7 Å². The lowest BCUT2D eigenvalue weighted by molar-refractivity contribution is -0.135. The highest BCUT2D eigenvalue weighted by molar-refractivity contribution is 6.00. The maximum atomic E-state index is 13.3. The number of imidazole rings is 1. The minimum absolute atomic E-state index is 0.213. The molecule has 1 unspecified atom stereocenters. The van der Waals surface area contributed by atoms with Gasteiger partial charge in [-0.25, -0.2) is 9.59 Å². The van der Waals surface area contributed by atoms with E-state index in [4.69, 9.17) is 4.74 Å². The molecule has 0 saturated carbocycles. The summed E-state index contributed by atoms with van der Waals surface area (Å²) in [4.78, 5) is 56.7. The standard InChI is InChI=1S/C29H34N6O5/c1-31-26-22(8-5-9-23(26)35(28(31)38)24-10-11-25(36)30-27(24)37)34-13-12-21(18-34)32-14-16-33(17-15-32)29(39)40-19-20-6-3-2-4-7-20/h2-9,21,24H,10-19H2,1H3,(H,30,36,37)/t21-,24?/m1/s1. The molecule has 1 N–H and O–H groups in total. The number of aryl methyl sites for hydroxylation is 1. The zero-order valence-corrected chi connectivity index (χ0v) is 22.6. The van der Waals surface area contributed by atoms with E-state index in [0.29, 0.717) is 31.1 Å². The number of ether oxygens (including phenoxy) is 1. The van der Waals surface area contributed by atoms with Gasteiger partial charge >= 0.3 is 11.8 Å². The summed E-state index contributed by atoms with van der Waals surface area (Å²) in [5.41, 5.74) is 3.17. The van der Waals surface area contributed by atoms with Gasteiger partial charge in [0.2, 0.25) is 11.8 Å². The first-order chi connectivity index (χ1) is 19.4. The first kappa shape index (κ1) is 26.1. The van der Waals surface area contributed by atoms with Crippen LogP contribution in [0.1, 0.15) is 30.9 Å². The average molecular weight is 547 g/mol. The Bertz CT molecular complexity index is 1490. The van der Waals surface area contributed by atoms with E-state index in [1.165, 1.54) is 4.57 Å². The zero-order valence-electron chi connectivity index (χ0n) is 22.6. The molecule has 3 aromatic rings. The summed E-state index contributed by atoms with van der Waals surface area (Å²) in [7, 11) is 1.74. The summed E-state index contributed by atoms with van der Waals surface area (Å²) in [5, 5.41) is 2.37. The number of para-hydroxylation sites is 1. The minimum Gasteiger partial charge on any atom is -0.445 e. The number of benzene rings is 2. The Hall–Kier alpha value is -4.12. The van der Waals surface area contributed by atoms with Crippen molar-refractivity contribution in [2.24, 2.45) is 7.05 Å². The van der Waals surface area contributed by atoms with E-state index in [-0.39, 0.29) is 30.7 Å². The van der Waals surface area contributed by atoms with Crippen LogP contribution >= 0.6 is 0 Å². The van der Waals surface area contributed by atoms with Gasteiger partial charge in [0, 0.05) is 58.8 Å². The number of piperazine rings is 1. The van der Waals surface area contributed by atoms with Gasteiger partial charge in [-0.3, -0.25) is 28.9 Å². The molecular formula is C29H34N6O5. The van der Waals surface area contributed by atoms with Crippen molar-refractivity contribution in [2.75, 3.05) is 44.2 Å². The summed E-state index contributed by atoms with van der Waals surface area (Å²) < 4.78 is 8.66. The van der Waals surface area contributed by atoms with Gasteiger partial charge in [-0.05, 0) is 30.5 Å². The highest BCUT2D eigenvalue weighted by Gasteiger charge is 2.35. The number of hydrogen-bond acceptors (Lipinski definition) is 7. The largest absolute Gasteiger partial charge is 0.445 e. The van der Waals surface area contributed by atoms with Crippen molar-refractivity contribution >= 4 is 34.6 Å². The Morgan fingerprint density at radius 1 is 0.950 bits per heavy atom. The smallest absolute Gasteiger partial charge is 0.410 e. The molecule has 3 aliphatic heterocycles. The normalized spacial score (nSPS) is 22.1. The summed E-state index contributed by atoms with van der Waals surface area (Å²) in [6, 6.07) is 15.1. The number of anilines is 1. The maximum Gasteiger partial charge on any atom is 0.410 e. The quantitative estimate of drug-likeness (QED) is 0.487. The Labute approximate surface area is 231 Å². The molecule has 0 aliphatic carbocycles. The van der Waals surface area contributed by atoms with Gasteiger partial charge in [-0.15, -0.1) is 0 Å². The lowest BCUT2D eigenvalue weighted by atomic mass is 10.1. The third-order valence-electron chi connectivity index (χ3n) is 8.40. The van der Waals surface area contributed by atoms with Crippen molar-refractivity contribution in [3.05, 3.63) is 64.6 Å². The summed E-state index contributed by atoms with van der Waals surface area (Å²) in [6.07, 6.45) is 1.23. The van der Waals surface area contributed by atoms with Crippen molar-refractivity contribution in [2.45, 2.75) is 38.0 Å². The van der Waals surface area contributed by atoms with E-state index in [9.17, 15) is 19.2 Å². The molecule has 1 aromatic heterocycles. The summed E-state index contributed by atoms with van der Waals surface area (Å²) >= 11 is 0. The fourth-order valence-electron chi connectivity index (χ4n) is 6.24. The minimum atomic E-state index is -0.703. The van der Waals surface area contributed by atoms with Crippen LogP contribution in [0.5, 0.6) is 0 Å². The lowest BCUT2D eigenvalue weighted by Gasteiger charge is -2.37. The highest BCUT2D eigenvalue weighted by atomic mass is 16.6. The van der Waals surface area contributed by atoms with E-state index in [1.54, 1.807) is 16.5 Å². The third kappa shape index (κ3) is 4.85. The van der Waals surface area contributed by atoms with Crippen LogP contribution in [0.2, 0.25) is 0 Å². The molecule has 0 spiro atoms. The zero-order chi connectivity index (χ0) is 27.8. The van der Waals surface area contributed by atoms with Gasteiger partial charge in [-0.2, -0.15) is 0 Å². The van der Waals surface area contributed by atoms with Crippen LogP contribution in [0, 0.1) is 0 Å². The summed E-state index contributed by atoms with van der Waals surface area (Å²) in [6.45, 7) is 4.76. The maximum absolute atomic E-state index is 13.3. The molecule has 3 aliphatic rings. The van der Waals surface area contributed by atoms with E-state index in [1.807, 2.05) is 48.5 Å². The lowest BCUT2D eigenvalue weighted by Crippen LogP contribution is -2.52. The number of nitrogens with zero attached hydrogens (tertiary/aromatic N) is 5. The number of carbonyl (C=O) groups is 3. The molecule has 3 amide bonds. The van der Waals surface area contributed by atoms with Gasteiger partial charge in [-0.1, -0.05) is 36.4 Å². The van der Waals surface area contributed by atoms with Crippen LogP contribution in [0.4, 0.5) is 10.5 Å². The number of aromatic nitrogens is 2. The summed E-state index contributed by atoms with van der Waals surface area (Å²) in [5.74, 6) is -0.733. The Kier molecular flexibility index (Phi) is 7.05. The predicted molar refractivity (Wildman–Crippen MR) is 149 cm³/mol. The molecule has 6 rings (SSSR count). The second-order valence-corrected chi connectivity index (χ2v) is 10.8. The van der Waals surface area contributed by atoms with Crippen LogP contribution in [0.3, 0.4) is 0 Å². The number of rotatable bonds is 5. The molecule has 11 heteroatoms. The molecule has 11 nitrogen and oxygen atoms in total. The van der Waals surface area contributed by atoms with E-state index in [2.05, 4.69) is 15.1 Å². The van der Waals surface area contributed by atoms with Gasteiger partial charge in [0.25, 0.3) is 0 Å². The Morgan fingerprint density at radius 3 is 2.48 bits per heavy atom. The van der Waals surface area contributed by atoms with Gasteiger partial charge in [0.15, 0.2) is 0 Å². The van der Waals surface area contributed by atoms with Gasteiger partial charge < -0.3 is 14.5 Å². The van der Waals surface area contributed by atoms with Crippen LogP contribution in [-0.4, -0.2) is 82.2 Å². The number of carbonyl (C=O) groups excluding carboxylic acids is 3. The molecule has 2 aromatic carbocycles. The highest BCUT2D eigenvalue weighted by Crippen LogP contribution is 2.32. The molecule has 3 saturated heterocycles. The molecule has 210 valence electrons. The average Bonchev–Trinajstić information content (AvgIpc) is 3.56. The van der Waals surface area contributed by atoms with E-state index in [0.717, 1.165) is 49.4 Å². The van der Waals surface area contributed by atoms with Crippen molar-refractivity contribution in [1.29, 1.82) is 0 Å². The molecular weight excluding hydrogens is 512 g/mol. The first-order valence-corrected chi connectivity index (χ1v) is 13.9. The number of piperidine rings is 1. The van der Waals surface area contributed by atoms with Crippen molar-refractivity contribution in [3.63, 3.8) is 0 Å². The second kappa shape index (κ2) is 10.8. The van der Waals surface area contributed by atoms with Crippen molar-refractivity contribution < 1.29 is 19.1 Å². The first-order valence-electron chi connectivity index (χ1n) is 13.9.